The van der Waals surface area contributed by atoms with Crippen molar-refractivity contribution >= 4 is 17.4 Å². The van der Waals surface area contributed by atoms with Gasteiger partial charge < -0.3 is 4.98 Å². The third kappa shape index (κ3) is 2.29. The number of hydrogen-bond acceptors (Lipinski definition) is 5. The zero-order chi connectivity index (χ0) is 16.9. The molecule has 122 valence electrons. The van der Waals surface area contributed by atoms with E-state index in [4.69, 9.17) is 11.6 Å². The fourth-order valence-electron chi connectivity index (χ4n) is 2.20. The van der Waals surface area contributed by atoms with Crippen LogP contribution in [0.1, 0.15) is 5.82 Å². The topological polar surface area (TPSA) is 100 Å². The van der Waals surface area contributed by atoms with Gasteiger partial charge in [-0.05, 0) is 6.07 Å². The van der Waals surface area contributed by atoms with Crippen LogP contribution in [0.15, 0.2) is 24.8 Å². The third-order valence-electron chi connectivity index (χ3n) is 3.18. The predicted octanol–water partition coefficient (Wildman–Crippen LogP) is 2.58. The van der Waals surface area contributed by atoms with Crippen molar-refractivity contribution in [3.8, 4) is 22.9 Å². The summed E-state index contributed by atoms with van der Waals surface area (Å²) in [6.45, 7) is 0. The van der Waals surface area contributed by atoms with E-state index >= 15 is 0 Å². The van der Waals surface area contributed by atoms with Crippen LogP contribution in [0.4, 0.5) is 13.2 Å². The highest BCUT2D eigenvalue weighted by atomic mass is 35.5. The number of imidazole rings is 2. The fraction of sp³-hybridized carbons (Fsp3) is 0.0833. The molecule has 0 aliphatic heterocycles. The molecular weight excluding hydrogens is 349 g/mol. The molecular formula is C12H6ClF3N8. The Balaban J connectivity index is 1.98. The molecule has 0 radical (unpaired) electrons. The van der Waals surface area contributed by atoms with Gasteiger partial charge in [-0.25, -0.2) is 19.9 Å². The van der Waals surface area contributed by atoms with Gasteiger partial charge in [-0.15, -0.1) is 0 Å². The lowest BCUT2D eigenvalue weighted by molar-refractivity contribution is -0.144. The van der Waals surface area contributed by atoms with E-state index in [1.807, 2.05) is 5.10 Å². The van der Waals surface area contributed by atoms with Gasteiger partial charge in [0.05, 0.1) is 18.2 Å². The first-order valence-corrected chi connectivity index (χ1v) is 6.84. The molecule has 4 rings (SSSR count). The molecule has 0 fully saturated rings. The molecule has 0 spiro atoms. The maximum atomic E-state index is 12.7. The second kappa shape index (κ2) is 5.03. The van der Waals surface area contributed by atoms with Gasteiger partial charge in [-0.3, -0.25) is 9.50 Å². The Hall–Kier alpha value is -2.95. The van der Waals surface area contributed by atoms with Crippen LogP contribution in [0.2, 0.25) is 5.15 Å². The molecule has 0 atom stereocenters. The maximum Gasteiger partial charge on any atom is 0.451 e. The molecule has 0 saturated carbocycles. The van der Waals surface area contributed by atoms with E-state index in [-0.39, 0.29) is 22.4 Å². The minimum absolute atomic E-state index is 0.112. The minimum atomic E-state index is -4.64. The van der Waals surface area contributed by atoms with Crippen molar-refractivity contribution in [2.75, 3.05) is 0 Å². The Morgan fingerprint density at radius 3 is 2.67 bits per heavy atom. The van der Waals surface area contributed by atoms with E-state index in [0.717, 1.165) is 0 Å². The number of aromatic nitrogens is 8. The van der Waals surface area contributed by atoms with E-state index in [9.17, 15) is 13.2 Å². The number of alkyl halides is 3. The van der Waals surface area contributed by atoms with E-state index in [1.54, 1.807) is 10.6 Å². The van der Waals surface area contributed by atoms with Crippen molar-refractivity contribution in [2.45, 2.75) is 6.18 Å². The number of fused-ring (bicyclic) bond motifs is 1. The Morgan fingerprint density at radius 2 is 2.00 bits per heavy atom. The molecule has 12 heteroatoms. The molecule has 8 nitrogen and oxygen atoms in total. The first-order valence-electron chi connectivity index (χ1n) is 6.47. The zero-order valence-electron chi connectivity index (χ0n) is 11.5. The summed E-state index contributed by atoms with van der Waals surface area (Å²) in [7, 11) is 0. The number of H-pyrrole nitrogens is 2. The standard InChI is InChI=1S/C12H6ClF3N8/c13-6-1-2-24-8(5-3-17-4-18-5)7(20-11(24)19-6)9-21-10(23-22-9)12(14,15)16/h1-4H,(H,17,18)(H,21,22,23). The second-order valence-electron chi connectivity index (χ2n) is 4.70. The quantitative estimate of drug-likeness (QED) is 0.539. The van der Waals surface area contributed by atoms with Crippen LogP contribution >= 0.6 is 11.6 Å². The molecule has 2 N–H and O–H groups in total. The Morgan fingerprint density at radius 1 is 1.17 bits per heavy atom. The number of nitrogens with one attached hydrogen (secondary N) is 2. The van der Waals surface area contributed by atoms with Crippen LogP contribution in [0, 0.1) is 0 Å². The molecule has 4 aromatic rings. The molecule has 0 aliphatic carbocycles. The molecule has 4 aromatic heterocycles. The van der Waals surface area contributed by atoms with E-state index in [0.29, 0.717) is 11.4 Å². The predicted molar refractivity (Wildman–Crippen MR) is 76.0 cm³/mol. The summed E-state index contributed by atoms with van der Waals surface area (Å²) in [5, 5.41) is 5.67. The molecule has 0 unspecified atom stereocenters. The number of aromatic amines is 2. The number of halogens is 4. The number of rotatable bonds is 2. The Bertz CT molecular complexity index is 1020. The summed E-state index contributed by atoms with van der Waals surface area (Å²) >= 11 is 5.84. The summed E-state index contributed by atoms with van der Waals surface area (Å²) in [6, 6.07) is 1.53. The van der Waals surface area contributed by atoms with Gasteiger partial charge >= 0.3 is 6.18 Å². The van der Waals surface area contributed by atoms with Crippen molar-refractivity contribution in [1.29, 1.82) is 0 Å². The maximum absolute atomic E-state index is 12.7. The van der Waals surface area contributed by atoms with Gasteiger partial charge in [0, 0.05) is 6.20 Å². The lowest BCUT2D eigenvalue weighted by Gasteiger charge is -2.00. The lowest BCUT2D eigenvalue weighted by atomic mass is 10.2. The summed E-state index contributed by atoms with van der Waals surface area (Å²) in [5.74, 6) is -1.23. The average Bonchev–Trinajstić information content (AvgIpc) is 3.24. The lowest BCUT2D eigenvalue weighted by Crippen LogP contribution is -2.07. The van der Waals surface area contributed by atoms with Crippen LogP contribution in [-0.4, -0.2) is 39.5 Å². The largest absolute Gasteiger partial charge is 0.451 e. The molecule has 0 amide bonds. The number of hydrogen-bond donors (Lipinski definition) is 2. The van der Waals surface area contributed by atoms with Gasteiger partial charge in [0.2, 0.25) is 17.4 Å². The van der Waals surface area contributed by atoms with Crippen LogP contribution < -0.4 is 0 Å². The van der Waals surface area contributed by atoms with Crippen molar-refractivity contribution in [2.24, 2.45) is 0 Å². The molecule has 0 saturated heterocycles. The van der Waals surface area contributed by atoms with Crippen molar-refractivity contribution < 1.29 is 13.2 Å². The Kier molecular flexibility index (Phi) is 3.06. The molecule has 0 aromatic carbocycles. The van der Waals surface area contributed by atoms with E-state index in [2.05, 4.69) is 30.0 Å². The van der Waals surface area contributed by atoms with Crippen molar-refractivity contribution in [3.63, 3.8) is 0 Å². The van der Waals surface area contributed by atoms with Crippen LogP contribution in [0.5, 0.6) is 0 Å². The van der Waals surface area contributed by atoms with Crippen molar-refractivity contribution in [1.82, 2.24) is 39.5 Å². The first kappa shape index (κ1) is 14.6. The summed E-state index contributed by atoms with van der Waals surface area (Å²) in [4.78, 5) is 18.5. The van der Waals surface area contributed by atoms with Crippen molar-refractivity contribution in [3.05, 3.63) is 35.8 Å². The van der Waals surface area contributed by atoms with Gasteiger partial charge in [-0.1, -0.05) is 11.6 Å². The molecule has 0 bridgehead atoms. The summed E-state index contributed by atoms with van der Waals surface area (Å²) in [6.07, 6.45) is -0.116. The summed E-state index contributed by atoms with van der Waals surface area (Å²) in [5.41, 5.74) is 1.04. The third-order valence-corrected chi connectivity index (χ3v) is 3.39. The highest BCUT2D eigenvalue weighted by Crippen LogP contribution is 2.32. The van der Waals surface area contributed by atoms with Gasteiger partial charge in [0.15, 0.2) is 0 Å². The molecule has 4 heterocycles. The summed E-state index contributed by atoms with van der Waals surface area (Å²) < 4.78 is 39.8. The highest BCUT2D eigenvalue weighted by molar-refractivity contribution is 6.29. The number of nitrogens with zero attached hydrogens (tertiary/aromatic N) is 6. The Labute approximate surface area is 135 Å². The van der Waals surface area contributed by atoms with E-state index in [1.165, 1.54) is 18.6 Å². The molecule has 0 aliphatic rings. The fourth-order valence-corrected chi connectivity index (χ4v) is 2.33. The van der Waals surface area contributed by atoms with E-state index < -0.39 is 12.0 Å². The molecule has 24 heavy (non-hydrogen) atoms. The smallest absolute Gasteiger partial charge is 0.343 e. The van der Waals surface area contributed by atoms with Crippen LogP contribution in [0.25, 0.3) is 28.7 Å². The van der Waals surface area contributed by atoms with Crippen LogP contribution in [0.3, 0.4) is 0 Å². The van der Waals surface area contributed by atoms with Gasteiger partial charge in [0.1, 0.15) is 16.5 Å². The SMILES string of the molecule is FC(F)(F)c1nc(-c2nc3nc(Cl)ccn3c2-c2cnc[nH]2)n[nH]1. The van der Waals surface area contributed by atoms with Gasteiger partial charge in [-0.2, -0.15) is 18.3 Å². The zero-order valence-corrected chi connectivity index (χ0v) is 12.3. The van der Waals surface area contributed by atoms with Gasteiger partial charge in [0.25, 0.3) is 0 Å². The first-order chi connectivity index (χ1) is 11.4. The minimum Gasteiger partial charge on any atom is -0.343 e. The monoisotopic (exact) mass is 354 g/mol. The average molecular weight is 355 g/mol. The van der Waals surface area contributed by atoms with Crippen LogP contribution in [-0.2, 0) is 6.18 Å². The normalized spacial score (nSPS) is 12.2. The second-order valence-corrected chi connectivity index (χ2v) is 5.09. The highest BCUT2D eigenvalue weighted by Gasteiger charge is 2.36.